The number of nitrogens with one attached hydrogen (secondary N) is 1. The predicted molar refractivity (Wildman–Crippen MR) is 78.3 cm³/mol. The number of hydrogen-bond acceptors (Lipinski definition) is 3. The van der Waals surface area contributed by atoms with E-state index in [1.807, 2.05) is 12.1 Å². The van der Waals surface area contributed by atoms with E-state index in [1.54, 1.807) is 14.2 Å². The van der Waals surface area contributed by atoms with Gasteiger partial charge in [-0.25, -0.2) is 0 Å². The Morgan fingerprint density at radius 1 is 1.32 bits per heavy atom. The highest BCUT2D eigenvalue weighted by atomic mass is 35.5. The molecular formula is C15H22ClNO2. The Morgan fingerprint density at radius 3 is 2.68 bits per heavy atom. The fourth-order valence-corrected chi connectivity index (χ4v) is 2.91. The summed E-state index contributed by atoms with van der Waals surface area (Å²) in [5.74, 6) is 0.942. The molecular weight excluding hydrogens is 262 g/mol. The first-order valence-electron chi connectivity index (χ1n) is 6.75. The molecule has 0 saturated heterocycles. The third kappa shape index (κ3) is 3.22. The van der Waals surface area contributed by atoms with Gasteiger partial charge < -0.3 is 14.8 Å². The highest BCUT2D eigenvalue weighted by Gasteiger charge is 2.40. The van der Waals surface area contributed by atoms with Crippen LogP contribution >= 0.6 is 11.6 Å². The van der Waals surface area contributed by atoms with Crippen LogP contribution in [0.5, 0.6) is 5.75 Å². The minimum atomic E-state index is 0.171. The minimum Gasteiger partial charge on any atom is -0.496 e. The Hall–Kier alpha value is -0.770. The molecule has 0 radical (unpaired) electrons. The first-order chi connectivity index (χ1) is 9.22. The molecule has 1 saturated carbocycles. The lowest BCUT2D eigenvalue weighted by Crippen LogP contribution is -2.44. The first-order valence-corrected chi connectivity index (χ1v) is 7.13. The highest BCUT2D eigenvalue weighted by Crippen LogP contribution is 2.47. The van der Waals surface area contributed by atoms with Crippen molar-refractivity contribution in [1.82, 2.24) is 5.32 Å². The monoisotopic (exact) mass is 283 g/mol. The fourth-order valence-electron chi connectivity index (χ4n) is 2.74. The summed E-state index contributed by atoms with van der Waals surface area (Å²) >= 11 is 6.15. The van der Waals surface area contributed by atoms with Crippen LogP contribution in [0.2, 0.25) is 5.02 Å². The zero-order chi connectivity index (χ0) is 13.7. The quantitative estimate of drug-likeness (QED) is 0.781. The van der Waals surface area contributed by atoms with Gasteiger partial charge in [-0.15, -0.1) is 0 Å². The van der Waals surface area contributed by atoms with Gasteiger partial charge in [-0.1, -0.05) is 18.0 Å². The molecule has 1 aliphatic carbocycles. The van der Waals surface area contributed by atoms with E-state index in [0.29, 0.717) is 0 Å². The van der Waals surface area contributed by atoms with Gasteiger partial charge in [0, 0.05) is 36.2 Å². The molecule has 19 heavy (non-hydrogen) atoms. The maximum absolute atomic E-state index is 6.15. The number of benzene rings is 1. The molecule has 1 fully saturated rings. The second kappa shape index (κ2) is 6.60. The Balaban J connectivity index is 2.13. The van der Waals surface area contributed by atoms with Crippen LogP contribution in [0.25, 0.3) is 0 Å². The summed E-state index contributed by atoms with van der Waals surface area (Å²) in [6.45, 7) is 2.57. The Kier molecular flexibility index (Phi) is 5.08. The molecule has 1 aromatic rings. The van der Waals surface area contributed by atoms with Crippen molar-refractivity contribution < 1.29 is 9.47 Å². The van der Waals surface area contributed by atoms with Gasteiger partial charge in [0.15, 0.2) is 0 Å². The largest absolute Gasteiger partial charge is 0.496 e. The summed E-state index contributed by atoms with van der Waals surface area (Å²) in [5, 5.41) is 4.25. The van der Waals surface area contributed by atoms with E-state index in [2.05, 4.69) is 11.4 Å². The van der Waals surface area contributed by atoms with Crippen molar-refractivity contribution in [3.8, 4) is 5.75 Å². The van der Waals surface area contributed by atoms with Crippen LogP contribution in [0.1, 0.15) is 24.8 Å². The van der Waals surface area contributed by atoms with Crippen LogP contribution in [-0.2, 0) is 10.2 Å². The minimum absolute atomic E-state index is 0.171. The molecule has 2 rings (SSSR count). The van der Waals surface area contributed by atoms with Crippen molar-refractivity contribution in [2.75, 3.05) is 33.9 Å². The maximum Gasteiger partial charge on any atom is 0.122 e. The van der Waals surface area contributed by atoms with E-state index < -0.39 is 0 Å². The van der Waals surface area contributed by atoms with Crippen LogP contribution < -0.4 is 10.1 Å². The number of hydrogen-bond donors (Lipinski definition) is 1. The van der Waals surface area contributed by atoms with E-state index in [9.17, 15) is 0 Å². The summed E-state index contributed by atoms with van der Waals surface area (Å²) in [6, 6.07) is 5.90. The molecule has 0 bridgehead atoms. The molecule has 3 nitrogen and oxygen atoms in total. The molecule has 0 heterocycles. The van der Waals surface area contributed by atoms with Crippen LogP contribution in [-0.4, -0.2) is 33.9 Å². The van der Waals surface area contributed by atoms with Gasteiger partial charge in [0.25, 0.3) is 0 Å². The summed E-state index contributed by atoms with van der Waals surface area (Å²) in [6.07, 6.45) is 3.63. The van der Waals surface area contributed by atoms with E-state index in [-0.39, 0.29) is 5.41 Å². The van der Waals surface area contributed by atoms with Crippen molar-refractivity contribution in [2.24, 2.45) is 0 Å². The van der Waals surface area contributed by atoms with Gasteiger partial charge in [0.2, 0.25) is 0 Å². The van der Waals surface area contributed by atoms with Crippen LogP contribution in [0.3, 0.4) is 0 Å². The van der Waals surface area contributed by atoms with E-state index in [4.69, 9.17) is 21.1 Å². The third-order valence-electron chi connectivity index (χ3n) is 3.99. The first kappa shape index (κ1) is 14.6. The Labute approximate surface area is 120 Å². The third-order valence-corrected chi connectivity index (χ3v) is 4.22. The van der Waals surface area contributed by atoms with Crippen molar-refractivity contribution in [1.29, 1.82) is 0 Å². The predicted octanol–water partition coefficient (Wildman–Crippen LogP) is 3.01. The number of halogens is 1. The normalized spacial score (nSPS) is 17.0. The Morgan fingerprint density at radius 2 is 2.11 bits per heavy atom. The maximum atomic E-state index is 6.15. The second-order valence-corrected chi connectivity index (χ2v) is 5.58. The van der Waals surface area contributed by atoms with Gasteiger partial charge in [0.1, 0.15) is 5.75 Å². The zero-order valence-electron chi connectivity index (χ0n) is 11.7. The molecule has 106 valence electrons. The molecule has 4 heteroatoms. The van der Waals surface area contributed by atoms with Crippen molar-refractivity contribution in [2.45, 2.75) is 24.7 Å². The smallest absolute Gasteiger partial charge is 0.122 e. The van der Waals surface area contributed by atoms with Gasteiger partial charge >= 0.3 is 0 Å². The standard InChI is InChI=1S/C15H22ClNO2/c1-18-9-8-17-11-15(6-3-7-15)13-10-12(16)4-5-14(13)19-2/h4-5,10,17H,3,6-9,11H2,1-2H3. The molecule has 1 aromatic carbocycles. The number of ether oxygens (including phenoxy) is 2. The number of methoxy groups -OCH3 is 2. The lowest BCUT2D eigenvalue weighted by molar-refractivity contribution is 0.183. The van der Waals surface area contributed by atoms with Gasteiger partial charge in [0.05, 0.1) is 13.7 Å². The van der Waals surface area contributed by atoms with Crippen LogP contribution in [0, 0.1) is 0 Å². The second-order valence-electron chi connectivity index (χ2n) is 5.15. The topological polar surface area (TPSA) is 30.5 Å². The average molecular weight is 284 g/mol. The zero-order valence-corrected chi connectivity index (χ0v) is 12.4. The van der Waals surface area contributed by atoms with Crippen molar-refractivity contribution >= 4 is 11.6 Å². The average Bonchev–Trinajstić information content (AvgIpc) is 2.37. The molecule has 0 aliphatic heterocycles. The molecule has 1 aliphatic rings. The van der Waals surface area contributed by atoms with Crippen molar-refractivity contribution in [3.63, 3.8) is 0 Å². The molecule has 0 aromatic heterocycles. The van der Waals surface area contributed by atoms with Gasteiger partial charge in [-0.05, 0) is 31.0 Å². The summed E-state index contributed by atoms with van der Waals surface area (Å²) < 4.78 is 10.6. The fraction of sp³-hybridized carbons (Fsp3) is 0.600. The van der Waals surface area contributed by atoms with Crippen molar-refractivity contribution in [3.05, 3.63) is 28.8 Å². The summed E-state index contributed by atoms with van der Waals surface area (Å²) in [5.41, 5.74) is 1.41. The van der Waals surface area contributed by atoms with E-state index >= 15 is 0 Å². The SMILES string of the molecule is COCCNCC1(c2cc(Cl)ccc2OC)CCC1. The summed E-state index contributed by atoms with van der Waals surface area (Å²) in [7, 11) is 3.44. The van der Waals surface area contributed by atoms with E-state index in [1.165, 1.54) is 24.8 Å². The van der Waals surface area contributed by atoms with Crippen LogP contribution in [0.4, 0.5) is 0 Å². The Bertz CT molecular complexity index is 419. The van der Waals surface area contributed by atoms with Gasteiger partial charge in [-0.2, -0.15) is 0 Å². The molecule has 0 atom stereocenters. The number of rotatable bonds is 7. The summed E-state index contributed by atoms with van der Waals surface area (Å²) in [4.78, 5) is 0. The molecule has 0 amide bonds. The highest BCUT2D eigenvalue weighted by molar-refractivity contribution is 6.30. The lowest BCUT2D eigenvalue weighted by atomic mass is 9.64. The van der Waals surface area contributed by atoms with Gasteiger partial charge in [-0.3, -0.25) is 0 Å². The molecule has 1 N–H and O–H groups in total. The van der Waals surface area contributed by atoms with E-state index in [0.717, 1.165) is 30.5 Å². The molecule has 0 spiro atoms. The lowest BCUT2D eigenvalue weighted by Gasteiger charge is -2.43. The van der Waals surface area contributed by atoms with Crippen LogP contribution in [0.15, 0.2) is 18.2 Å². The molecule has 0 unspecified atom stereocenters.